The minimum Gasteiger partial charge on any atom is -0.419 e. The highest BCUT2D eigenvalue weighted by atomic mass is 35.5. The van der Waals surface area contributed by atoms with Crippen LogP contribution in [0, 0.1) is 0 Å². The topological polar surface area (TPSA) is 61.8 Å². The number of ether oxygens (including phenoxy) is 3. The van der Waals surface area contributed by atoms with Crippen molar-refractivity contribution in [2.75, 3.05) is 0 Å². The van der Waals surface area contributed by atoms with Gasteiger partial charge in [0.15, 0.2) is 0 Å². The SMILES string of the molecule is CC1(C)OC(=O)C(=Cc2ccc(OC(F)(F)F)c(Cl)c2)C(=O)O1. The molecule has 1 heterocycles. The van der Waals surface area contributed by atoms with E-state index in [4.69, 9.17) is 21.1 Å². The Morgan fingerprint density at radius 3 is 2.22 bits per heavy atom. The number of cyclic esters (lactones) is 2. The molecule has 1 fully saturated rings. The summed E-state index contributed by atoms with van der Waals surface area (Å²) in [5.41, 5.74) is -0.196. The van der Waals surface area contributed by atoms with Gasteiger partial charge in [0, 0.05) is 13.8 Å². The van der Waals surface area contributed by atoms with Crippen LogP contribution in [-0.2, 0) is 19.1 Å². The Kier molecular flexibility index (Phi) is 4.30. The lowest BCUT2D eigenvalue weighted by atomic mass is 10.1. The number of rotatable bonds is 2. The Morgan fingerprint density at radius 1 is 1.17 bits per heavy atom. The van der Waals surface area contributed by atoms with Gasteiger partial charge in [0.1, 0.15) is 11.3 Å². The fraction of sp³-hybridized carbons (Fsp3) is 0.286. The fourth-order valence-corrected chi connectivity index (χ4v) is 1.99. The van der Waals surface area contributed by atoms with E-state index >= 15 is 0 Å². The highest BCUT2D eigenvalue weighted by Gasteiger charge is 2.39. The van der Waals surface area contributed by atoms with Gasteiger partial charge in [0.25, 0.3) is 5.79 Å². The van der Waals surface area contributed by atoms with Crippen molar-refractivity contribution in [3.63, 3.8) is 0 Å². The van der Waals surface area contributed by atoms with Crippen molar-refractivity contribution < 1.29 is 37.0 Å². The average molecular weight is 351 g/mol. The van der Waals surface area contributed by atoms with E-state index in [9.17, 15) is 22.8 Å². The van der Waals surface area contributed by atoms with Gasteiger partial charge in [-0.1, -0.05) is 17.7 Å². The zero-order valence-electron chi connectivity index (χ0n) is 11.9. The summed E-state index contributed by atoms with van der Waals surface area (Å²) in [7, 11) is 0. The lowest BCUT2D eigenvalue weighted by Gasteiger charge is -2.29. The number of esters is 2. The molecule has 0 bridgehead atoms. The largest absolute Gasteiger partial charge is 0.573 e. The molecule has 0 aromatic heterocycles. The van der Waals surface area contributed by atoms with Gasteiger partial charge in [-0.05, 0) is 23.8 Å². The van der Waals surface area contributed by atoms with Gasteiger partial charge >= 0.3 is 18.3 Å². The maximum atomic E-state index is 12.2. The van der Waals surface area contributed by atoms with Crippen molar-refractivity contribution in [2.24, 2.45) is 0 Å². The molecule has 0 atom stereocenters. The predicted octanol–water partition coefficient (Wildman–Crippen LogP) is 3.46. The number of benzene rings is 1. The summed E-state index contributed by atoms with van der Waals surface area (Å²) in [4.78, 5) is 23.5. The van der Waals surface area contributed by atoms with Crippen molar-refractivity contribution in [1.29, 1.82) is 0 Å². The summed E-state index contributed by atoms with van der Waals surface area (Å²) in [6.07, 6.45) is -3.78. The molecule has 2 rings (SSSR count). The second kappa shape index (κ2) is 5.77. The first-order valence-electron chi connectivity index (χ1n) is 6.20. The first-order valence-corrected chi connectivity index (χ1v) is 6.58. The molecule has 1 saturated heterocycles. The first-order chi connectivity index (χ1) is 10.5. The molecule has 0 unspecified atom stereocenters. The van der Waals surface area contributed by atoms with Crippen molar-refractivity contribution in [1.82, 2.24) is 0 Å². The van der Waals surface area contributed by atoms with Crippen LogP contribution < -0.4 is 4.74 Å². The van der Waals surface area contributed by atoms with Crippen molar-refractivity contribution in [2.45, 2.75) is 26.0 Å². The molecule has 0 amide bonds. The maximum Gasteiger partial charge on any atom is 0.573 e. The third-order valence-electron chi connectivity index (χ3n) is 2.61. The molecule has 1 aliphatic rings. The monoisotopic (exact) mass is 350 g/mol. The molecule has 124 valence electrons. The van der Waals surface area contributed by atoms with Crippen LogP contribution in [0.1, 0.15) is 19.4 Å². The summed E-state index contributed by atoms with van der Waals surface area (Å²) in [5, 5.41) is -0.338. The number of carbonyl (C=O) groups excluding carboxylic acids is 2. The Morgan fingerprint density at radius 2 is 1.74 bits per heavy atom. The Labute approximate surface area is 133 Å². The molecule has 0 spiro atoms. The highest BCUT2D eigenvalue weighted by Crippen LogP contribution is 2.32. The van der Waals surface area contributed by atoms with Gasteiger partial charge in [-0.2, -0.15) is 0 Å². The number of alkyl halides is 3. The molecule has 1 aromatic rings. The number of hydrogen-bond acceptors (Lipinski definition) is 5. The third-order valence-corrected chi connectivity index (χ3v) is 2.90. The van der Waals surface area contributed by atoms with E-state index in [0.717, 1.165) is 18.2 Å². The molecule has 1 aromatic carbocycles. The molecule has 1 aliphatic heterocycles. The average Bonchev–Trinajstić information content (AvgIpc) is 2.34. The summed E-state index contributed by atoms with van der Waals surface area (Å²) in [5.74, 6) is -3.79. The molecule has 5 nitrogen and oxygen atoms in total. The standard InChI is InChI=1S/C14H10ClF3O5/c1-13(2)22-11(19)8(12(20)23-13)5-7-3-4-10(9(15)6-7)21-14(16,17)18/h3-6H,1-2H3. The highest BCUT2D eigenvalue weighted by molar-refractivity contribution is 6.32. The van der Waals surface area contributed by atoms with E-state index in [1.54, 1.807) is 0 Å². The van der Waals surface area contributed by atoms with E-state index in [2.05, 4.69) is 4.74 Å². The van der Waals surface area contributed by atoms with Gasteiger partial charge in [-0.15, -0.1) is 13.2 Å². The molecule has 0 aliphatic carbocycles. The Bertz CT molecular complexity index is 672. The number of halogens is 4. The van der Waals surface area contributed by atoms with Crippen molar-refractivity contribution >= 4 is 29.6 Å². The fourth-order valence-electron chi connectivity index (χ4n) is 1.76. The van der Waals surface area contributed by atoms with Crippen LogP contribution in [0.5, 0.6) is 5.75 Å². The summed E-state index contributed by atoms with van der Waals surface area (Å²) < 4.78 is 50.0. The van der Waals surface area contributed by atoms with Gasteiger partial charge < -0.3 is 14.2 Å². The van der Waals surface area contributed by atoms with E-state index in [1.165, 1.54) is 19.9 Å². The van der Waals surface area contributed by atoms with Crippen LogP contribution in [-0.4, -0.2) is 24.1 Å². The molecule has 0 saturated carbocycles. The van der Waals surface area contributed by atoms with E-state index in [-0.39, 0.29) is 10.6 Å². The van der Waals surface area contributed by atoms with E-state index < -0.39 is 35.4 Å². The van der Waals surface area contributed by atoms with Gasteiger partial charge in [-0.25, -0.2) is 9.59 Å². The quantitative estimate of drug-likeness (QED) is 0.464. The van der Waals surface area contributed by atoms with Gasteiger partial charge in [0.2, 0.25) is 0 Å². The maximum absolute atomic E-state index is 12.2. The summed E-state index contributed by atoms with van der Waals surface area (Å²) >= 11 is 5.68. The van der Waals surface area contributed by atoms with Crippen LogP contribution in [0.3, 0.4) is 0 Å². The smallest absolute Gasteiger partial charge is 0.419 e. The normalized spacial score (nSPS) is 17.4. The van der Waals surface area contributed by atoms with Crippen LogP contribution >= 0.6 is 11.6 Å². The minimum atomic E-state index is -4.88. The lowest BCUT2D eigenvalue weighted by Crippen LogP contribution is -2.41. The van der Waals surface area contributed by atoms with Crippen LogP contribution in [0.4, 0.5) is 13.2 Å². The molecular formula is C14H10ClF3O5. The zero-order chi connectivity index (χ0) is 17.4. The Hall–Kier alpha value is -2.22. The molecule has 23 heavy (non-hydrogen) atoms. The third kappa shape index (κ3) is 4.38. The molecule has 9 heteroatoms. The van der Waals surface area contributed by atoms with E-state index in [1.807, 2.05) is 0 Å². The van der Waals surface area contributed by atoms with Crippen LogP contribution in [0.2, 0.25) is 5.02 Å². The number of carbonyl (C=O) groups is 2. The molecule has 0 N–H and O–H groups in total. The Balaban J connectivity index is 2.28. The molecule has 0 radical (unpaired) electrons. The summed E-state index contributed by atoms with van der Waals surface area (Å²) in [6, 6.07) is 3.27. The lowest BCUT2D eigenvalue weighted by molar-refractivity contribution is -0.274. The van der Waals surface area contributed by atoms with E-state index in [0.29, 0.717) is 0 Å². The first kappa shape index (κ1) is 17.1. The summed E-state index contributed by atoms with van der Waals surface area (Å²) in [6.45, 7) is 2.78. The molecular weight excluding hydrogens is 341 g/mol. The van der Waals surface area contributed by atoms with Crippen molar-refractivity contribution in [3.05, 3.63) is 34.4 Å². The second-order valence-corrected chi connectivity index (χ2v) is 5.38. The van der Waals surface area contributed by atoms with Gasteiger partial charge in [-0.3, -0.25) is 0 Å². The number of hydrogen-bond donors (Lipinski definition) is 0. The van der Waals surface area contributed by atoms with Crippen molar-refractivity contribution in [3.8, 4) is 5.75 Å². The minimum absolute atomic E-state index is 0.202. The second-order valence-electron chi connectivity index (χ2n) is 4.97. The van der Waals surface area contributed by atoms with Gasteiger partial charge in [0.05, 0.1) is 5.02 Å². The predicted molar refractivity (Wildman–Crippen MR) is 72.4 cm³/mol. The zero-order valence-corrected chi connectivity index (χ0v) is 12.6. The van der Waals surface area contributed by atoms with Crippen LogP contribution in [0.15, 0.2) is 23.8 Å². The van der Waals surface area contributed by atoms with Crippen LogP contribution in [0.25, 0.3) is 6.08 Å².